The molecule has 1 unspecified atom stereocenters. The lowest BCUT2D eigenvalue weighted by molar-refractivity contribution is -0.121. The van der Waals surface area contributed by atoms with E-state index in [1.54, 1.807) is 24.3 Å². The molecule has 12 heteroatoms. The number of hydrogen-bond donors (Lipinski definition) is 3. The van der Waals surface area contributed by atoms with Crippen LogP contribution in [0.3, 0.4) is 0 Å². The Morgan fingerprint density at radius 1 is 0.982 bits per heavy atom. The number of H-pyrrole nitrogens is 1. The van der Waals surface area contributed by atoms with Gasteiger partial charge in [0.2, 0.25) is 5.91 Å². The number of anilines is 2. The number of pyridine rings is 2. The van der Waals surface area contributed by atoms with Crippen molar-refractivity contribution in [2.45, 2.75) is 70.0 Å². The molecule has 0 saturated carbocycles. The van der Waals surface area contributed by atoms with Crippen LogP contribution in [0.25, 0.3) is 22.0 Å². The van der Waals surface area contributed by atoms with Crippen LogP contribution in [0.5, 0.6) is 0 Å². The van der Waals surface area contributed by atoms with E-state index in [2.05, 4.69) is 86.7 Å². The van der Waals surface area contributed by atoms with Crippen LogP contribution in [0.4, 0.5) is 11.6 Å². The summed E-state index contributed by atoms with van der Waals surface area (Å²) in [4.78, 5) is 69.0. The van der Waals surface area contributed by atoms with E-state index in [0.717, 1.165) is 84.2 Å². The van der Waals surface area contributed by atoms with Crippen LogP contribution in [0.1, 0.15) is 94.9 Å². The van der Waals surface area contributed by atoms with Gasteiger partial charge in [0.05, 0.1) is 17.1 Å². The van der Waals surface area contributed by atoms with Gasteiger partial charge in [-0.25, -0.2) is 9.97 Å². The van der Waals surface area contributed by atoms with E-state index in [9.17, 15) is 19.2 Å². The van der Waals surface area contributed by atoms with E-state index >= 15 is 0 Å². The first-order chi connectivity index (χ1) is 27.2. The molecule has 5 heterocycles. The Hall–Kier alpha value is -5.88. The van der Waals surface area contributed by atoms with Gasteiger partial charge in [0.1, 0.15) is 17.9 Å². The summed E-state index contributed by atoms with van der Waals surface area (Å²) in [5.41, 5.74) is 7.34. The molecule has 2 aliphatic rings. The number of fused-ring (bicyclic) bond motifs is 2. The number of hydrogen-bond acceptors (Lipinski definition) is 8. The SMILES string of the molecule is CCC[C@H](c1cc2cnc(NC(=O)c3ccc(N4CCC(c5ccc(-c6cccc7c6CN(C(C=O)CCC(=O)NC)C7=O)cc5)CC4)nc3)cc2[nH]1)N(C)C. The first kappa shape index (κ1) is 38.4. The van der Waals surface area contributed by atoms with Crippen LogP contribution in [0.15, 0.2) is 79.1 Å². The van der Waals surface area contributed by atoms with Gasteiger partial charge in [0.25, 0.3) is 11.8 Å². The number of benzene rings is 2. The predicted octanol–water partition coefficient (Wildman–Crippen LogP) is 6.71. The van der Waals surface area contributed by atoms with Crippen molar-refractivity contribution in [3.05, 3.63) is 107 Å². The first-order valence-electron chi connectivity index (χ1n) is 19.5. The highest BCUT2D eigenvalue weighted by atomic mass is 16.2. The number of aromatic amines is 1. The van der Waals surface area contributed by atoms with Crippen molar-refractivity contribution >= 4 is 46.5 Å². The average molecular weight is 755 g/mol. The number of piperidine rings is 1. The van der Waals surface area contributed by atoms with E-state index in [-0.39, 0.29) is 36.6 Å². The lowest BCUT2D eigenvalue weighted by atomic mass is 9.88. The number of aldehydes is 1. The maximum Gasteiger partial charge on any atom is 0.258 e. The zero-order valence-corrected chi connectivity index (χ0v) is 32.5. The number of nitrogens with zero attached hydrogens (tertiary/aromatic N) is 5. The van der Waals surface area contributed by atoms with E-state index in [1.165, 1.54) is 5.56 Å². The van der Waals surface area contributed by atoms with Gasteiger partial charge >= 0.3 is 0 Å². The molecule has 2 aliphatic heterocycles. The largest absolute Gasteiger partial charge is 0.359 e. The molecule has 5 aromatic rings. The first-order valence-corrected chi connectivity index (χ1v) is 19.5. The van der Waals surface area contributed by atoms with Gasteiger partial charge in [-0.3, -0.25) is 14.4 Å². The summed E-state index contributed by atoms with van der Waals surface area (Å²) in [5.74, 6) is 1.15. The standard InChI is InChI=1S/C44H50N8O4/c1-5-7-39(50(3)4)38-22-32-25-46-40(23-37(32)48-38)49-43(55)31-14-16-41(47-24-31)51-20-18-29(19-21-51)28-10-12-30(13-11-28)34-8-6-9-35-36(34)26-52(44(35)56)33(27-53)15-17-42(54)45-2/h6,8-14,16,22-25,27,29,33,39,48H,5,7,15,17-21,26H2,1-4H3,(H,45,54)(H,46,49,55)/t33?,39-/m1/s1. The van der Waals surface area contributed by atoms with E-state index in [4.69, 9.17) is 0 Å². The molecular weight excluding hydrogens is 705 g/mol. The molecule has 1 fully saturated rings. The monoisotopic (exact) mass is 754 g/mol. The van der Waals surface area contributed by atoms with Crippen molar-refractivity contribution in [2.75, 3.05) is 44.4 Å². The van der Waals surface area contributed by atoms with E-state index in [0.29, 0.717) is 29.4 Å². The summed E-state index contributed by atoms with van der Waals surface area (Å²) < 4.78 is 0. The Labute approximate surface area is 327 Å². The number of carbonyl (C=O) groups excluding carboxylic acids is 4. The molecule has 3 amide bonds. The molecule has 290 valence electrons. The molecule has 56 heavy (non-hydrogen) atoms. The Bertz CT molecular complexity index is 2210. The molecular formula is C44H50N8O4. The maximum atomic E-state index is 13.3. The fourth-order valence-corrected chi connectivity index (χ4v) is 8.13. The van der Waals surface area contributed by atoms with Gasteiger partial charge in [-0.2, -0.15) is 0 Å². The van der Waals surface area contributed by atoms with Gasteiger partial charge < -0.3 is 35.1 Å². The maximum absolute atomic E-state index is 13.3. The quantitative estimate of drug-likeness (QED) is 0.106. The lowest BCUT2D eigenvalue weighted by Crippen LogP contribution is -2.37. The summed E-state index contributed by atoms with van der Waals surface area (Å²) in [6.07, 6.45) is 8.72. The van der Waals surface area contributed by atoms with Crippen molar-refractivity contribution in [2.24, 2.45) is 0 Å². The number of nitrogens with one attached hydrogen (secondary N) is 3. The molecule has 0 bridgehead atoms. The Morgan fingerprint density at radius 3 is 2.43 bits per heavy atom. The van der Waals surface area contributed by atoms with Gasteiger partial charge in [0.15, 0.2) is 0 Å². The molecule has 12 nitrogen and oxygen atoms in total. The molecule has 7 rings (SSSR count). The highest BCUT2D eigenvalue weighted by Crippen LogP contribution is 2.36. The van der Waals surface area contributed by atoms with Crippen LogP contribution < -0.4 is 15.5 Å². The Balaban J connectivity index is 0.940. The molecule has 0 radical (unpaired) electrons. The van der Waals surface area contributed by atoms with Gasteiger partial charge in [-0.15, -0.1) is 0 Å². The number of rotatable bonds is 14. The normalized spacial score (nSPS) is 15.6. The molecule has 3 aromatic heterocycles. The number of aromatic nitrogens is 3. The highest BCUT2D eigenvalue weighted by molar-refractivity contribution is 6.04. The molecule has 2 aromatic carbocycles. The minimum Gasteiger partial charge on any atom is -0.359 e. The average Bonchev–Trinajstić information content (AvgIpc) is 3.80. The fraction of sp³-hybridized carbons (Fsp3) is 0.364. The lowest BCUT2D eigenvalue weighted by Gasteiger charge is -2.33. The Morgan fingerprint density at radius 2 is 1.75 bits per heavy atom. The minimum absolute atomic E-state index is 0.157. The van der Waals surface area contributed by atoms with Crippen LogP contribution in [-0.2, 0) is 16.1 Å². The highest BCUT2D eigenvalue weighted by Gasteiger charge is 2.34. The van der Waals surface area contributed by atoms with Crippen LogP contribution >= 0.6 is 0 Å². The zero-order valence-electron chi connectivity index (χ0n) is 32.5. The topological polar surface area (TPSA) is 144 Å². The van der Waals surface area contributed by atoms with Gasteiger partial charge in [-0.1, -0.05) is 49.7 Å². The second-order valence-electron chi connectivity index (χ2n) is 15.1. The predicted molar refractivity (Wildman–Crippen MR) is 219 cm³/mol. The number of carbonyl (C=O) groups is 4. The smallest absolute Gasteiger partial charge is 0.258 e. The molecule has 0 aliphatic carbocycles. The summed E-state index contributed by atoms with van der Waals surface area (Å²) in [6.45, 7) is 4.22. The van der Waals surface area contributed by atoms with Crippen molar-refractivity contribution in [3.63, 3.8) is 0 Å². The number of amides is 3. The third kappa shape index (κ3) is 8.06. The minimum atomic E-state index is -0.657. The second kappa shape index (κ2) is 16.9. The van der Waals surface area contributed by atoms with Crippen LogP contribution in [0, 0.1) is 0 Å². The molecule has 1 saturated heterocycles. The molecule has 3 N–H and O–H groups in total. The van der Waals surface area contributed by atoms with E-state index in [1.807, 2.05) is 36.4 Å². The van der Waals surface area contributed by atoms with Gasteiger partial charge in [0, 0.05) is 74.2 Å². The summed E-state index contributed by atoms with van der Waals surface area (Å²) in [7, 11) is 5.73. The van der Waals surface area contributed by atoms with Crippen LogP contribution in [0.2, 0.25) is 0 Å². The van der Waals surface area contributed by atoms with Crippen molar-refractivity contribution in [1.82, 2.24) is 30.1 Å². The second-order valence-corrected chi connectivity index (χ2v) is 15.1. The molecule has 0 spiro atoms. The van der Waals surface area contributed by atoms with Gasteiger partial charge in [-0.05, 0) is 92.2 Å². The fourth-order valence-electron chi connectivity index (χ4n) is 8.13. The van der Waals surface area contributed by atoms with Crippen molar-refractivity contribution in [1.29, 1.82) is 0 Å². The summed E-state index contributed by atoms with van der Waals surface area (Å²) in [6, 6.07) is 21.7. The van der Waals surface area contributed by atoms with E-state index < -0.39 is 6.04 Å². The van der Waals surface area contributed by atoms with Crippen LogP contribution in [-0.4, -0.2) is 89.0 Å². The molecule has 2 atom stereocenters. The summed E-state index contributed by atoms with van der Waals surface area (Å²) in [5, 5.41) is 6.52. The third-order valence-electron chi connectivity index (χ3n) is 11.3. The Kier molecular flexibility index (Phi) is 11.6. The summed E-state index contributed by atoms with van der Waals surface area (Å²) >= 11 is 0. The van der Waals surface area contributed by atoms with Crippen molar-refractivity contribution < 1.29 is 19.2 Å². The third-order valence-corrected chi connectivity index (χ3v) is 11.3. The van der Waals surface area contributed by atoms with Crippen molar-refractivity contribution in [3.8, 4) is 11.1 Å². The zero-order chi connectivity index (χ0) is 39.3.